The summed E-state index contributed by atoms with van der Waals surface area (Å²) in [6, 6.07) is 13.0. The van der Waals surface area contributed by atoms with Crippen LogP contribution in [0.5, 0.6) is 0 Å². The van der Waals surface area contributed by atoms with Gasteiger partial charge in [-0.15, -0.1) is 5.23 Å². The number of hydrogen-bond acceptors (Lipinski definition) is 8. The molecule has 0 fully saturated rings. The Hall–Kier alpha value is -1.42. The second-order valence-corrected chi connectivity index (χ2v) is 5.86. The zero-order valence-corrected chi connectivity index (χ0v) is 11.7. The Labute approximate surface area is 123 Å². The summed E-state index contributed by atoms with van der Waals surface area (Å²) in [6.45, 7) is 0. The second kappa shape index (κ2) is 6.84. The number of nitrogens with zero attached hydrogens (tertiary/aromatic N) is 2. The number of rotatable bonds is 5. The predicted octanol–water partition coefficient (Wildman–Crippen LogP) is 3.87. The lowest BCUT2D eigenvalue weighted by atomic mass is 10.3. The molecule has 0 unspecified atom stereocenters. The van der Waals surface area contributed by atoms with E-state index >= 15 is 0 Å². The van der Waals surface area contributed by atoms with Crippen LogP contribution in [0.3, 0.4) is 0 Å². The minimum atomic E-state index is -0.445. The van der Waals surface area contributed by atoms with Gasteiger partial charge in [0, 0.05) is 15.5 Å². The van der Waals surface area contributed by atoms with Gasteiger partial charge >= 0.3 is 0 Å². The van der Waals surface area contributed by atoms with Gasteiger partial charge in [-0.25, -0.2) is 0 Å². The highest BCUT2D eigenvalue weighted by molar-refractivity contribution is 8.76. The van der Waals surface area contributed by atoms with Gasteiger partial charge in [-0.3, -0.25) is 10.4 Å². The first-order chi connectivity index (χ1) is 9.59. The molecule has 0 amide bonds. The zero-order chi connectivity index (χ0) is 14.5. The van der Waals surface area contributed by atoms with Crippen molar-refractivity contribution >= 4 is 33.0 Å². The van der Waals surface area contributed by atoms with Crippen molar-refractivity contribution in [1.29, 1.82) is 0 Å². The van der Waals surface area contributed by atoms with Crippen LogP contribution in [0.25, 0.3) is 0 Å². The molecule has 20 heavy (non-hydrogen) atoms. The molecule has 0 radical (unpaired) electrons. The summed E-state index contributed by atoms with van der Waals surface area (Å²) in [5.41, 5.74) is 0.232. The monoisotopic (exact) mass is 310 g/mol. The van der Waals surface area contributed by atoms with Crippen molar-refractivity contribution in [2.75, 3.05) is 10.5 Å². The summed E-state index contributed by atoms with van der Waals surface area (Å²) < 4.78 is 0. The fraction of sp³-hybridized carbons (Fsp3) is 0. The van der Waals surface area contributed by atoms with Crippen molar-refractivity contribution in [3.8, 4) is 0 Å². The molecule has 0 aliphatic carbocycles. The van der Waals surface area contributed by atoms with Gasteiger partial charge < -0.3 is 15.6 Å². The Bertz CT molecular complexity index is 529. The highest BCUT2D eigenvalue weighted by atomic mass is 33.1. The van der Waals surface area contributed by atoms with Gasteiger partial charge in [0.05, 0.1) is 0 Å². The van der Waals surface area contributed by atoms with Crippen molar-refractivity contribution in [2.45, 2.75) is 9.79 Å². The normalized spacial score (nSPS) is 10.4. The van der Waals surface area contributed by atoms with Crippen molar-refractivity contribution < 1.29 is 10.4 Å². The number of para-hydroxylation sites is 2. The Morgan fingerprint density at radius 2 is 1.20 bits per heavy atom. The molecular formula is C12H10N2O4S2-2. The maximum Gasteiger partial charge on any atom is 0.109 e. The Morgan fingerprint density at radius 3 is 1.70 bits per heavy atom. The number of benzene rings is 2. The summed E-state index contributed by atoms with van der Waals surface area (Å²) in [5.74, 6) is 0. The van der Waals surface area contributed by atoms with Crippen LogP contribution in [-0.2, 0) is 0 Å². The minimum Gasteiger partial charge on any atom is -0.769 e. The fourth-order valence-corrected chi connectivity index (χ4v) is 3.76. The fourth-order valence-electron chi connectivity index (χ4n) is 1.46. The van der Waals surface area contributed by atoms with Crippen molar-refractivity contribution in [3.05, 3.63) is 58.9 Å². The van der Waals surface area contributed by atoms with E-state index in [0.717, 1.165) is 0 Å². The summed E-state index contributed by atoms with van der Waals surface area (Å²) >= 11 is 0. The van der Waals surface area contributed by atoms with Crippen LogP contribution < -0.4 is 10.5 Å². The van der Waals surface area contributed by atoms with Gasteiger partial charge in [0.1, 0.15) is 5.69 Å². The number of hydrogen-bond donors (Lipinski definition) is 2. The topological polar surface area (TPSA) is 93.1 Å². The molecule has 8 heteroatoms. The van der Waals surface area contributed by atoms with E-state index < -0.39 is 5.23 Å². The lowest BCUT2D eigenvalue weighted by Crippen LogP contribution is -2.11. The van der Waals surface area contributed by atoms with Crippen LogP contribution in [0.1, 0.15) is 0 Å². The summed E-state index contributed by atoms with van der Waals surface area (Å²) in [5, 5.41) is 39.6. The third-order valence-electron chi connectivity index (χ3n) is 2.36. The lowest BCUT2D eigenvalue weighted by Gasteiger charge is -2.38. The van der Waals surface area contributed by atoms with E-state index in [1.807, 2.05) is 0 Å². The molecule has 0 spiro atoms. The van der Waals surface area contributed by atoms with Gasteiger partial charge in [0.2, 0.25) is 0 Å². The largest absolute Gasteiger partial charge is 0.769 e. The third-order valence-corrected chi connectivity index (χ3v) is 4.82. The molecule has 0 saturated heterocycles. The molecule has 0 atom stereocenters. The van der Waals surface area contributed by atoms with Crippen molar-refractivity contribution in [3.63, 3.8) is 0 Å². The first-order valence-corrected chi connectivity index (χ1v) is 7.59. The minimum absolute atomic E-state index is 0.0207. The van der Waals surface area contributed by atoms with Gasteiger partial charge in [-0.1, -0.05) is 45.9 Å². The molecule has 2 rings (SSSR count). The van der Waals surface area contributed by atoms with Crippen LogP contribution in [0.15, 0.2) is 58.3 Å². The average Bonchev–Trinajstić information content (AvgIpc) is 2.45. The highest BCUT2D eigenvalue weighted by Crippen LogP contribution is 2.44. The van der Waals surface area contributed by atoms with Crippen LogP contribution in [0.4, 0.5) is 11.4 Å². The Morgan fingerprint density at radius 1 is 0.750 bits per heavy atom. The van der Waals surface area contributed by atoms with Crippen LogP contribution in [0.2, 0.25) is 0 Å². The van der Waals surface area contributed by atoms with Crippen LogP contribution in [-0.4, -0.2) is 10.4 Å². The molecule has 6 nitrogen and oxygen atoms in total. The SMILES string of the molecule is [O-]N([O-])c1ccccc1SSc1ccccc1N(O)O. The van der Waals surface area contributed by atoms with E-state index in [-0.39, 0.29) is 16.6 Å². The molecule has 0 heterocycles. The van der Waals surface area contributed by atoms with Gasteiger partial charge in [0.15, 0.2) is 0 Å². The summed E-state index contributed by atoms with van der Waals surface area (Å²) in [6.07, 6.45) is 0. The van der Waals surface area contributed by atoms with E-state index in [1.54, 1.807) is 36.4 Å². The van der Waals surface area contributed by atoms with E-state index in [0.29, 0.717) is 9.79 Å². The molecule has 0 aromatic heterocycles. The average molecular weight is 310 g/mol. The van der Waals surface area contributed by atoms with E-state index in [1.165, 1.54) is 33.7 Å². The van der Waals surface area contributed by atoms with Crippen molar-refractivity contribution in [2.24, 2.45) is 0 Å². The quantitative estimate of drug-likeness (QED) is 0.635. The standard InChI is InChI=1S/C12H10N2O4S2/c15-13(16)9-5-1-3-7-11(9)19-20-12-8-4-2-6-10(12)14(17)18/h1-8,15-16H/q-2. The number of anilines is 2. The smallest absolute Gasteiger partial charge is 0.109 e. The zero-order valence-electron chi connectivity index (χ0n) is 10.0. The van der Waals surface area contributed by atoms with E-state index in [4.69, 9.17) is 10.4 Å². The molecule has 0 aliphatic rings. The molecule has 106 valence electrons. The van der Waals surface area contributed by atoms with Crippen molar-refractivity contribution in [1.82, 2.24) is 0 Å². The Kier molecular flexibility index (Phi) is 5.12. The molecule has 2 aromatic rings. The molecule has 2 aromatic carbocycles. The predicted molar refractivity (Wildman–Crippen MR) is 79.9 cm³/mol. The van der Waals surface area contributed by atoms with Gasteiger partial charge in [-0.05, 0) is 24.3 Å². The maximum atomic E-state index is 10.9. The highest BCUT2D eigenvalue weighted by Gasteiger charge is 2.09. The van der Waals surface area contributed by atoms with E-state index in [2.05, 4.69) is 0 Å². The third kappa shape index (κ3) is 3.57. The first kappa shape index (κ1) is 15.0. The molecular weight excluding hydrogens is 300 g/mol. The van der Waals surface area contributed by atoms with Gasteiger partial charge in [-0.2, -0.15) is 0 Å². The summed E-state index contributed by atoms with van der Waals surface area (Å²) in [7, 11) is 2.40. The van der Waals surface area contributed by atoms with Crippen LogP contribution in [0, 0.1) is 10.4 Å². The molecule has 0 aliphatic heterocycles. The summed E-state index contributed by atoms with van der Waals surface area (Å²) in [4.78, 5) is 1.08. The van der Waals surface area contributed by atoms with Crippen LogP contribution >= 0.6 is 21.6 Å². The maximum absolute atomic E-state index is 10.9. The molecule has 0 bridgehead atoms. The van der Waals surface area contributed by atoms with E-state index in [9.17, 15) is 10.4 Å². The first-order valence-electron chi connectivity index (χ1n) is 5.44. The molecule has 0 saturated carbocycles. The van der Waals surface area contributed by atoms with Gasteiger partial charge in [0.25, 0.3) is 0 Å². The molecule has 2 N–H and O–H groups in total. The Balaban J connectivity index is 2.17. The second-order valence-electron chi connectivity index (χ2n) is 3.65. The lowest BCUT2D eigenvalue weighted by molar-refractivity contribution is 0.0277.